The molecule has 0 saturated carbocycles. The summed E-state index contributed by atoms with van der Waals surface area (Å²) >= 11 is 0. The van der Waals surface area contributed by atoms with Crippen LogP contribution in [-0.2, 0) is 0 Å². The number of hydrogen-bond donors (Lipinski definition) is 1. The van der Waals surface area contributed by atoms with Gasteiger partial charge in [-0.05, 0) is 18.2 Å². The van der Waals surface area contributed by atoms with Crippen molar-refractivity contribution in [2.45, 2.75) is 0 Å². The molecular formula is C13H10NO2. The average molecular weight is 212 g/mol. The average Bonchev–Trinajstić information content (AvgIpc) is 2.39. The van der Waals surface area contributed by atoms with Crippen LogP contribution in [0.2, 0.25) is 0 Å². The number of carbonyl (C=O) groups is 1. The Hall–Kier alpha value is -2.13. The standard InChI is InChI=1S/C13H10NO2/c15-13(11-7-3-1-4-8-11)14(16)12-9-5-2-6-10-12/h1-9,16H. The molecule has 79 valence electrons. The number of nitrogens with zero attached hydrogens (tertiary/aromatic N) is 1. The summed E-state index contributed by atoms with van der Waals surface area (Å²) in [5.74, 6) is -0.469. The van der Waals surface area contributed by atoms with Gasteiger partial charge in [-0.25, -0.2) is 0 Å². The fourth-order valence-corrected chi connectivity index (χ4v) is 1.33. The van der Waals surface area contributed by atoms with Crippen LogP contribution >= 0.6 is 0 Å². The highest BCUT2D eigenvalue weighted by Crippen LogP contribution is 2.13. The minimum atomic E-state index is -0.469. The minimum absolute atomic E-state index is 0.330. The second-order valence-electron chi connectivity index (χ2n) is 3.23. The Labute approximate surface area is 93.5 Å². The fraction of sp³-hybridized carbons (Fsp3) is 0. The van der Waals surface area contributed by atoms with Crippen LogP contribution in [0.15, 0.2) is 54.6 Å². The fourth-order valence-electron chi connectivity index (χ4n) is 1.33. The maximum atomic E-state index is 11.8. The molecule has 0 aliphatic heterocycles. The predicted molar refractivity (Wildman–Crippen MR) is 60.3 cm³/mol. The van der Waals surface area contributed by atoms with Gasteiger partial charge in [0.05, 0.1) is 5.69 Å². The van der Waals surface area contributed by atoms with E-state index in [-0.39, 0.29) is 0 Å². The summed E-state index contributed by atoms with van der Waals surface area (Å²) in [4.78, 5) is 11.8. The van der Waals surface area contributed by atoms with E-state index in [1.54, 1.807) is 48.5 Å². The highest BCUT2D eigenvalue weighted by atomic mass is 16.5. The summed E-state index contributed by atoms with van der Waals surface area (Å²) < 4.78 is 0. The third-order valence-corrected chi connectivity index (χ3v) is 2.13. The van der Waals surface area contributed by atoms with Crippen molar-refractivity contribution in [1.82, 2.24) is 0 Å². The van der Waals surface area contributed by atoms with Crippen LogP contribution in [0.25, 0.3) is 0 Å². The van der Waals surface area contributed by atoms with Gasteiger partial charge in [0.25, 0.3) is 5.91 Å². The third-order valence-electron chi connectivity index (χ3n) is 2.13. The molecule has 0 saturated heterocycles. The van der Waals surface area contributed by atoms with Crippen LogP contribution in [0.4, 0.5) is 5.69 Å². The van der Waals surface area contributed by atoms with Crippen molar-refractivity contribution in [2.24, 2.45) is 0 Å². The van der Waals surface area contributed by atoms with Crippen molar-refractivity contribution in [3.63, 3.8) is 0 Å². The van der Waals surface area contributed by atoms with Crippen LogP contribution < -0.4 is 5.06 Å². The van der Waals surface area contributed by atoms with Gasteiger partial charge in [0, 0.05) is 11.6 Å². The summed E-state index contributed by atoms with van der Waals surface area (Å²) in [7, 11) is 0. The SMILES string of the molecule is O=C(c1ccccc1)N(O)c1[c]cccc1. The maximum absolute atomic E-state index is 11.8. The van der Waals surface area contributed by atoms with E-state index in [9.17, 15) is 10.0 Å². The summed E-state index contributed by atoms with van der Waals surface area (Å²) in [5.41, 5.74) is 0.763. The summed E-state index contributed by atoms with van der Waals surface area (Å²) in [6.07, 6.45) is 0. The lowest BCUT2D eigenvalue weighted by Crippen LogP contribution is -2.26. The molecule has 0 fully saturated rings. The Morgan fingerprint density at radius 2 is 1.75 bits per heavy atom. The van der Waals surface area contributed by atoms with Crippen LogP contribution in [0.3, 0.4) is 0 Å². The molecule has 2 aromatic rings. The molecule has 2 aromatic carbocycles. The number of carbonyl (C=O) groups excluding carboxylic acids is 1. The molecule has 3 nitrogen and oxygen atoms in total. The van der Waals surface area contributed by atoms with E-state index in [0.717, 1.165) is 0 Å². The quantitative estimate of drug-likeness (QED) is 0.613. The maximum Gasteiger partial charge on any atom is 0.282 e. The van der Waals surface area contributed by atoms with Gasteiger partial charge in [-0.3, -0.25) is 10.0 Å². The van der Waals surface area contributed by atoms with Crippen molar-refractivity contribution in [2.75, 3.05) is 5.06 Å². The second kappa shape index (κ2) is 4.59. The van der Waals surface area contributed by atoms with Gasteiger partial charge in [0.1, 0.15) is 0 Å². The zero-order chi connectivity index (χ0) is 11.4. The monoisotopic (exact) mass is 212 g/mol. The lowest BCUT2D eigenvalue weighted by atomic mass is 10.2. The Morgan fingerprint density at radius 3 is 2.38 bits per heavy atom. The molecule has 1 N–H and O–H groups in total. The zero-order valence-electron chi connectivity index (χ0n) is 8.50. The van der Waals surface area contributed by atoms with Crippen molar-refractivity contribution >= 4 is 11.6 Å². The molecule has 0 aliphatic carbocycles. The first-order valence-electron chi connectivity index (χ1n) is 4.84. The van der Waals surface area contributed by atoms with Crippen LogP contribution in [0.1, 0.15) is 10.4 Å². The predicted octanol–water partition coefficient (Wildman–Crippen LogP) is 2.52. The van der Waals surface area contributed by atoms with E-state index in [2.05, 4.69) is 6.07 Å². The molecule has 1 amide bonds. The number of anilines is 1. The highest BCUT2D eigenvalue weighted by molar-refractivity contribution is 6.04. The molecule has 1 radical (unpaired) electrons. The topological polar surface area (TPSA) is 40.5 Å². The van der Waals surface area contributed by atoms with E-state index < -0.39 is 5.91 Å². The molecule has 0 bridgehead atoms. The van der Waals surface area contributed by atoms with E-state index >= 15 is 0 Å². The van der Waals surface area contributed by atoms with Gasteiger partial charge >= 0.3 is 0 Å². The van der Waals surface area contributed by atoms with E-state index in [1.807, 2.05) is 6.07 Å². The van der Waals surface area contributed by atoms with Gasteiger partial charge in [-0.15, -0.1) is 0 Å². The molecular weight excluding hydrogens is 202 g/mol. The van der Waals surface area contributed by atoms with Crippen LogP contribution in [-0.4, -0.2) is 11.1 Å². The zero-order valence-corrected chi connectivity index (χ0v) is 8.50. The van der Waals surface area contributed by atoms with Crippen LogP contribution in [0, 0.1) is 6.07 Å². The van der Waals surface area contributed by atoms with Crippen molar-refractivity contribution in [3.05, 3.63) is 66.2 Å². The van der Waals surface area contributed by atoms with Crippen molar-refractivity contribution in [3.8, 4) is 0 Å². The van der Waals surface area contributed by atoms with Gasteiger partial charge in [-0.2, -0.15) is 5.06 Å². The molecule has 0 atom stereocenters. The number of benzene rings is 2. The molecule has 0 aliphatic rings. The molecule has 16 heavy (non-hydrogen) atoms. The Morgan fingerprint density at radius 1 is 1.06 bits per heavy atom. The van der Waals surface area contributed by atoms with Crippen LogP contribution in [0.5, 0.6) is 0 Å². The third kappa shape index (κ3) is 2.10. The minimum Gasteiger partial charge on any atom is -0.281 e. The molecule has 0 spiro atoms. The summed E-state index contributed by atoms with van der Waals surface area (Å²) in [6.45, 7) is 0. The molecule has 0 heterocycles. The van der Waals surface area contributed by atoms with E-state index in [4.69, 9.17) is 0 Å². The Bertz CT molecular complexity index is 468. The molecule has 3 heteroatoms. The molecule has 0 unspecified atom stereocenters. The largest absolute Gasteiger partial charge is 0.282 e. The van der Waals surface area contributed by atoms with Gasteiger partial charge in [-0.1, -0.05) is 36.4 Å². The first kappa shape index (κ1) is 10.4. The number of rotatable bonds is 2. The van der Waals surface area contributed by atoms with Crippen molar-refractivity contribution in [1.29, 1.82) is 0 Å². The summed E-state index contributed by atoms with van der Waals surface area (Å²) in [5, 5.41) is 10.3. The first-order valence-corrected chi connectivity index (χ1v) is 4.84. The number of hydrogen-bond acceptors (Lipinski definition) is 2. The lowest BCUT2D eigenvalue weighted by molar-refractivity contribution is 0.0854. The van der Waals surface area contributed by atoms with E-state index in [0.29, 0.717) is 16.3 Å². The number of hydroxylamine groups is 1. The molecule has 2 rings (SSSR count). The highest BCUT2D eigenvalue weighted by Gasteiger charge is 2.14. The van der Waals surface area contributed by atoms with Gasteiger partial charge < -0.3 is 0 Å². The first-order chi connectivity index (χ1) is 7.79. The van der Waals surface area contributed by atoms with Gasteiger partial charge in [0.2, 0.25) is 0 Å². The lowest BCUT2D eigenvalue weighted by Gasteiger charge is -2.14. The van der Waals surface area contributed by atoms with Gasteiger partial charge in [0.15, 0.2) is 0 Å². The molecule has 0 aromatic heterocycles. The number of para-hydroxylation sites is 1. The van der Waals surface area contributed by atoms with E-state index in [1.165, 1.54) is 0 Å². The Kier molecular flexibility index (Phi) is 2.98. The normalized spacial score (nSPS) is 9.81. The van der Waals surface area contributed by atoms with Crippen molar-refractivity contribution < 1.29 is 10.0 Å². The Balaban J connectivity index is 2.24. The number of amides is 1. The summed E-state index contributed by atoms with van der Waals surface area (Å²) in [6, 6.07) is 18.1. The second-order valence-corrected chi connectivity index (χ2v) is 3.23. The smallest absolute Gasteiger partial charge is 0.281 e.